The molecule has 2 fully saturated rings. The van der Waals surface area contributed by atoms with Gasteiger partial charge in [0.25, 0.3) is 0 Å². The summed E-state index contributed by atoms with van der Waals surface area (Å²) in [6.45, 7) is 4.64. The fourth-order valence-electron chi connectivity index (χ4n) is 3.28. The zero-order valence-corrected chi connectivity index (χ0v) is 12.7. The van der Waals surface area contributed by atoms with Crippen LogP contribution in [-0.4, -0.2) is 65.7 Å². The molecule has 0 aromatic carbocycles. The number of aliphatic carboxylic acids is 1. The fourth-order valence-corrected chi connectivity index (χ4v) is 3.28. The lowest BCUT2D eigenvalue weighted by atomic mass is 10.2. The third-order valence-corrected chi connectivity index (χ3v) is 4.43. The molecule has 2 aliphatic rings. The van der Waals surface area contributed by atoms with Crippen LogP contribution in [0.3, 0.4) is 0 Å². The first-order valence-electron chi connectivity index (χ1n) is 8.15. The topological polar surface area (TPSA) is 72.9 Å². The van der Waals surface area contributed by atoms with Crippen LogP contribution in [0.5, 0.6) is 0 Å². The predicted octanol–water partition coefficient (Wildman–Crippen LogP) is 1.51. The first-order valence-corrected chi connectivity index (χ1v) is 8.15. The van der Waals surface area contributed by atoms with Gasteiger partial charge >= 0.3 is 12.0 Å². The van der Waals surface area contributed by atoms with Crippen molar-refractivity contribution in [2.75, 3.05) is 32.7 Å². The fraction of sp³-hybridized carbons (Fsp3) is 0.867. The molecule has 0 spiro atoms. The van der Waals surface area contributed by atoms with E-state index >= 15 is 0 Å². The number of carbonyl (C=O) groups is 2. The zero-order valence-electron chi connectivity index (χ0n) is 12.7. The third kappa shape index (κ3) is 5.19. The van der Waals surface area contributed by atoms with E-state index in [9.17, 15) is 9.59 Å². The summed E-state index contributed by atoms with van der Waals surface area (Å²) in [7, 11) is 0. The van der Waals surface area contributed by atoms with Crippen LogP contribution in [0.25, 0.3) is 0 Å². The molecule has 0 aliphatic carbocycles. The highest BCUT2D eigenvalue weighted by Crippen LogP contribution is 2.21. The van der Waals surface area contributed by atoms with Crippen LogP contribution in [0.4, 0.5) is 4.79 Å². The van der Waals surface area contributed by atoms with Crippen molar-refractivity contribution in [3.8, 4) is 0 Å². The molecule has 2 heterocycles. The van der Waals surface area contributed by atoms with Gasteiger partial charge in [0.1, 0.15) is 0 Å². The average Bonchev–Trinajstić information content (AvgIpc) is 2.79. The molecule has 0 aromatic rings. The number of nitrogens with zero attached hydrogens (tertiary/aromatic N) is 2. The lowest BCUT2D eigenvalue weighted by Crippen LogP contribution is -2.44. The van der Waals surface area contributed by atoms with E-state index < -0.39 is 5.97 Å². The highest BCUT2D eigenvalue weighted by Gasteiger charge is 2.30. The molecule has 2 rings (SSSR count). The number of unbranched alkanes of at least 4 members (excludes halogenated alkanes) is 2. The van der Waals surface area contributed by atoms with E-state index in [0.717, 1.165) is 38.9 Å². The highest BCUT2D eigenvalue weighted by molar-refractivity contribution is 5.74. The molecule has 2 aliphatic heterocycles. The number of urea groups is 1. The summed E-state index contributed by atoms with van der Waals surface area (Å²) < 4.78 is 0. The smallest absolute Gasteiger partial charge is 0.317 e. The van der Waals surface area contributed by atoms with Gasteiger partial charge in [0.15, 0.2) is 0 Å². The minimum atomic E-state index is -0.746. The Morgan fingerprint density at radius 3 is 2.71 bits per heavy atom. The summed E-state index contributed by atoms with van der Waals surface area (Å²) in [5.41, 5.74) is 0. The van der Waals surface area contributed by atoms with Crippen molar-refractivity contribution in [2.24, 2.45) is 0 Å². The van der Waals surface area contributed by atoms with E-state index in [2.05, 4.69) is 10.2 Å². The quantitative estimate of drug-likeness (QED) is 0.729. The Kier molecular flexibility index (Phi) is 6.29. The molecule has 120 valence electrons. The Balaban J connectivity index is 1.62. The number of nitrogens with one attached hydrogen (secondary N) is 1. The van der Waals surface area contributed by atoms with Crippen LogP contribution >= 0.6 is 0 Å². The highest BCUT2D eigenvalue weighted by atomic mass is 16.4. The zero-order chi connectivity index (χ0) is 15.1. The summed E-state index contributed by atoms with van der Waals surface area (Å²) in [4.78, 5) is 27.0. The van der Waals surface area contributed by atoms with E-state index in [1.165, 1.54) is 19.4 Å². The van der Waals surface area contributed by atoms with Gasteiger partial charge in [0.05, 0.1) is 0 Å². The lowest BCUT2D eigenvalue weighted by Gasteiger charge is -2.25. The molecular formula is C15H27N3O3. The van der Waals surface area contributed by atoms with Gasteiger partial charge in [-0.05, 0) is 38.6 Å². The van der Waals surface area contributed by atoms with Crippen LogP contribution in [0.15, 0.2) is 0 Å². The number of carboxylic acids is 1. The molecule has 0 bridgehead atoms. The maximum atomic E-state index is 12.2. The van der Waals surface area contributed by atoms with Gasteiger partial charge in [-0.1, -0.05) is 6.42 Å². The van der Waals surface area contributed by atoms with Gasteiger partial charge < -0.3 is 15.3 Å². The number of fused-ring (bicyclic) bond motifs is 1. The average molecular weight is 297 g/mol. The second-order valence-electron chi connectivity index (χ2n) is 6.07. The monoisotopic (exact) mass is 297 g/mol. The Morgan fingerprint density at radius 2 is 1.90 bits per heavy atom. The van der Waals surface area contributed by atoms with Crippen molar-refractivity contribution < 1.29 is 14.7 Å². The molecule has 0 aromatic heterocycles. The number of amides is 2. The molecule has 0 radical (unpaired) electrons. The third-order valence-electron chi connectivity index (χ3n) is 4.43. The van der Waals surface area contributed by atoms with Crippen molar-refractivity contribution in [1.29, 1.82) is 0 Å². The van der Waals surface area contributed by atoms with E-state index in [0.29, 0.717) is 19.0 Å². The number of hydrogen-bond acceptors (Lipinski definition) is 3. The lowest BCUT2D eigenvalue weighted by molar-refractivity contribution is -0.137. The van der Waals surface area contributed by atoms with Crippen molar-refractivity contribution in [3.05, 3.63) is 0 Å². The minimum Gasteiger partial charge on any atom is -0.481 e. The molecule has 0 saturated carbocycles. The first-order chi connectivity index (χ1) is 10.2. The largest absolute Gasteiger partial charge is 0.481 e. The van der Waals surface area contributed by atoms with Gasteiger partial charge in [-0.15, -0.1) is 0 Å². The Morgan fingerprint density at radius 1 is 1.10 bits per heavy atom. The molecule has 6 nitrogen and oxygen atoms in total. The Hall–Kier alpha value is -1.30. The summed E-state index contributed by atoms with van der Waals surface area (Å²) in [6, 6.07) is 0.593. The predicted molar refractivity (Wildman–Crippen MR) is 80.3 cm³/mol. The Labute approximate surface area is 126 Å². The van der Waals surface area contributed by atoms with E-state index in [1.807, 2.05) is 4.90 Å². The van der Waals surface area contributed by atoms with Crippen LogP contribution in [0.1, 0.15) is 44.9 Å². The van der Waals surface area contributed by atoms with E-state index in [4.69, 9.17) is 5.11 Å². The van der Waals surface area contributed by atoms with Gasteiger partial charge in [0.2, 0.25) is 0 Å². The van der Waals surface area contributed by atoms with Gasteiger partial charge in [-0.3, -0.25) is 9.69 Å². The summed E-state index contributed by atoms with van der Waals surface area (Å²) >= 11 is 0. The normalized spacial score (nSPS) is 22.7. The summed E-state index contributed by atoms with van der Waals surface area (Å²) in [6.07, 6.45) is 6.13. The SMILES string of the molecule is O=C(O)CCCCCNC(=O)N1CCCN2CCCC2C1. The van der Waals surface area contributed by atoms with Gasteiger partial charge in [0, 0.05) is 38.6 Å². The molecule has 21 heavy (non-hydrogen) atoms. The van der Waals surface area contributed by atoms with Crippen LogP contribution in [-0.2, 0) is 4.79 Å². The van der Waals surface area contributed by atoms with Crippen molar-refractivity contribution in [2.45, 2.75) is 51.0 Å². The molecule has 2 saturated heterocycles. The number of hydrogen-bond donors (Lipinski definition) is 2. The number of carboxylic acid groups (broad SMARTS) is 1. The van der Waals surface area contributed by atoms with Crippen LogP contribution < -0.4 is 5.32 Å². The van der Waals surface area contributed by atoms with Crippen LogP contribution in [0, 0.1) is 0 Å². The van der Waals surface area contributed by atoms with Gasteiger partial charge in [-0.25, -0.2) is 4.79 Å². The molecule has 2 N–H and O–H groups in total. The second-order valence-corrected chi connectivity index (χ2v) is 6.07. The van der Waals surface area contributed by atoms with Gasteiger partial charge in [-0.2, -0.15) is 0 Å². The standard InChI is InChI=1S/C15H27N3O3/c19-14(20)7-2-1-3-8-16-15(21)18-11-5-10-17-9-4-6-13(17)12-18/h13H,1-12H2,(H,16,21)(H,19,20). The van der Waals surface area contributed by atoms with Crippen molar-refractivity contribution >= 4 is 12.0 Å². The molecule has 1 atom stereocenters. The summed E-state index contributed by atoms with van der Waals surface area (Å²) in [5, 5.41) is 11.5. The molecule has 6 heteroatoms. The van der Waals surface area contributed by atoms with Crippen molar-refractivity contribution in [1.82, 2.24) is 15.1 Å². The number of rotatable bonds is 6. The molecule has 1 unspecified atom stereocenters. The maximum absolute atomic E-state index is 12.2. The Bertz CT molecular complexity index is 362. The molecule has 2 amide bonds. The first kappa shape index (κ1) is 16.1. The minimum absolute atomic E-state index is 0.0435. The van der Waals surface area contributed by atoms with E-state index in [1.54, 1.807) is 0 Å². The maximum Gasteiger partial charge on any atom is 0.317 e. The van der Waals surface area contributed by atoms with E-state index in [-0.39, 0.29) is 12.5 Å². The molecular weight excluding hydrogens is 270 g/mol. The second kappa shape index (κ2) is 8.22. The number of carbonyl (C=O) groups excluding carboxylic acids is 1. The van der Waals surface area contributed by atoms with Crippen molar-refractivity contribution in [3.63, 3.8) is 0 Å². The summed E-state index contributed by atoms with van der Waals surface area (Å²) in [5.74, 6) is -0.746. The van der Waals surface area contributed by atoms with Crippen LogP contribution in [0.2, 0.25) is 0 Å².